The Hall–Kier alpha value is -1.07. The van der Waals surface area contributed by atoms with Crippen molar-refractivity contribution >= 4 is 16.0 Å². The molecule has 164 valence electrons. The van der Waals surface area contributed by atoms with Gasteiger partial charge in [0.1, 0.15) is 0 Å². The van der Waals surface area contributed by atoms with E-state index in [4.69, 9.17) is 0 Å². The maximum Gasteiger partial charge on any atom is 0.511 e. The van der Waals surface area contributed by atoms with Gasteiger partial charge >= 0.3 is 15.5 Å². The van der Waals surface area contributed by atoms with Crippen LogP contribution in [0.1, 0.15) is 39.0 Å². The van der Waals surface area contributed by atoms with Crippen molar-refractivity contribution in [1.82, 2.24) is 19.8 Å². The topological polar surface area (TPSA) is 77.0 Å². The largest absolute Gasteiger partial charge is 0.511 e. The highest BCUT2D eigenvalue weighted by Gasteiger charge is 2.50. The van der Waals surface area contributed by atoms with Crippen LogP contribution in [0.2, 0.25) is 0 Å². The van der Waals surface area contributed by atoms with Crippen molar-refractivity contribution in [3.8, 4) is 0 Å². The monoisotopic (exact) mass is 427 g/mol. The average Bonchev–Trinajstić information content (AvgIpc) is 2.66. The molecule has 0 radical (unpaired) electrons. The fraction of sp³-hybridized carbons (Fsp3) is 0.941. The Bertz CT molecular complexity index is 598. The summed E-state index contributed by atoms with van der Waals surface area (Å²) >= 11 is 0. The second-order valence-electron chi connectivity index (χ2n) is 7.34. The smallest absolute Gasteiger partial charge is 0.357 e. The Morgan fingerprint density at radius 1 is 1.07 bits per heavy atom. The van der Waals surface area contributed by atoms with Crippen molar-refractivity contribution in [2.24, 2.45) is 10.9 Å². The SMILES string of the molecule is CCNC(=NCC1CCN(S(=O)(=O)C(F)(F)F)CC1)NCCN1CCCCC1. The van der Waals surface area contributed by atoms with Gasteiger partial charge in [-0.1, -0.05) is 6.42 Å². The molecule has 0 aromatic heterocycles. The molecule has 2 aliphatic heterocycles. The zero-order valence-corrected chi connectivity index (χ0v) is 17.3. The first-order chi connectivity index (χ1) is 13.2. The van der Waals surface area contributed by atoms with Crippen molar-refractivity contribution in [2.45, 2.75) is 44.5 Å². The van der Waals surface area contributed by atoms with Gasteiger partial charge in [0.15, 0.2) is 5.96 Å². The number of alkyl halides is 3. The van der Waals surface area contributed by atoms with Gasteiger partial charge in [-0.05, 0) is 51.6 Å². The van der Waals surface area contributed by atoms with Gasteiger partial charge in [0.25, 0.3) is 0 Å². The molecule has 0 aliphatic carbocycles. The minimum atomic E-state index is -5.23. The third-order valence-electron chi connectivity index (χ3n) is 5.23. The molecule has 11 heteroatoms. The first-order valence-corrected chi connectivity index (χ1v) is 11.5. The molecule has 2 aliphatic rings. The van der Waals surface area contributed by atoms with Gasteiger partial charge in [0, 0.05) is 39.3 Å². The van der Waals surface area contributed by atoms with E-state index in [1.807, 2.05) is 6.92 Å². The average molecular weight is 428 g/mol. The molecule has 0 amide bonds. The Morgan fingerprint density at radius 2 is 1.71 bits per heavy atom. The summed E-state index contributed by atoms with van der Waals surface area (Å²) < 4.78 is 61.4. The highest BCUT2D eigenvalue weighted by atomic mass is 32.2. The zero-order valence-electron chi connectivity index (χ0n) is 16.5. The molecule has 7 nitrogen and oxygen atoms in total. The zero-order chi connectivity index (χ0) is 20.6. The standard InChI is InChI=1S/C17H32F3N5O2S/c1-2-21-16(22-8-13-24-9-4-3-5-10-24)23-14-15-6-11-25(12-7-15)28(26,27)17(18,19)20/h15H,2-14H2,1H3,(H2,21,22,23). The van der Waals surface area contributed by atoms with E-state index in [0.29, 0.717) is 29.7 Å². The van der Waals surface area contributed by atoms with E-state index in [0.717, 1.165) is 32.7 Å². The summed E-state index contributed by atoms with van der Waals surface area (Å²) in [5, 5.41) is 6.48. The van der Waals surface area contributed by atoms with E-state index in [1.54, 1.807) is 0 Å². The molecule has 0 atom stereocenters. The second-order valence-corrected chi connectivity index (χ2v) is 9.27. The Balaban J connectivity index is 1.77. The van der Waals surface area contributed by atoms with E-state index in [-0.39, 0.29) is 19.0 Å². The Labute approximate surface area is 165 Å². The molecule has 0 saturated carbocycles. The molecule has 0 bridgehead atoms. The lowest BCUT2D eigenvalue weighted by Crippen LogP contribution is -2.45. The summed E-state index contributed by atoms with van der Waals surface area (Å²) in [6.45, 7) is 6.96. The molecule has 2 heterocycles. The molecule has 2 saturated heterocycles. The van der Waals surface area contributed by atoms with Crippen LogP contribution >= 0.6 is 0 Å². The first-order valence-electron chi connectivity index (χ1n) is 10.0. The van der Waals surface area contributed by atoms with Crippen LogP contribution in [0.15, 0.2) is 4.99 Å². The Morgan fingerprint density at radius 3 is 2.29 bits per heavy atom. The maximum absolute atomic E-state index is 12.6. The summed E-state index contributed by atoms with van der Waals surface area (Å²) in [6.07, 6.45) is 4.56. The predicted molar refractivity (Wildman–Crippen MR) is 104 cm³/mol. The van der Waals surface area contributed by atoms with Crippen LogP contribution < -0.4 is 10.6 Å². The molecule has 2 N–H and O–H groups in total. The highest BCUT2D eigenvalue weighted by molar-refractivity contribution is 7.90. The fourth-order valence-electron chi connectivity index (χ4n) is 3.56. The van der Waals surface area contributed by atoms with Crippen molar-refractivity contribution in [2.75, 3.05) is 52.4 Å². The molecule has 0 unspecified atom stereocenters. The molecular formula is C17H32F3N5O2S. The van der Waals surface area contributed by atoms with Crippen LogP contribution in [0.5, 0.6) is 0 Å². The van der Waals surface area contributed by atoms with Gasteiger partial charge in [-0.15, -0.1) is 0 Å². The van der Waals surface area contributed by atoms with Crippen LogP contribution in [0.4, 0.5) is 13.2 Å². The van der Waals surface area contributed by atoms with Crippen LogP contribution in [0, 0.1) is 5.92 Å². The van der Waals surface area contributed by atoms with E-state index in [2.05, 4.69) is 20.5 Å². The molecular weight excluding hydrogens is 395 g/mol. The van der Waals surface area contributed by atoms with Crippen LogP contribution in [-0.4, -0.2) is 81.4 Å². The quantitative estimate of drug-likeness (QED) is 0.477. The number of rotatable bonds is 7. The number of piperidine rings is 2. The van der Waals surface area contributed by atoms with E-state index in [9.17, 15) is 21.6 Å². The van der Waals surface area contributed by atoms with Crippen LogP contribution in [0.25, 0.3) is 0 Å². The lowest BCUT2D eigenvalue weighted by Gasteiger charge is -2.31. The predicted octanol–water partition coefficient (Wildman–Crippen LogP) is 1.59. The lowest BCUT2D eigenvalue weighted by atomic mass is 9.98. The van der Waals surface area contributed by atoms with Crippen molar-refractivity contribution in [3.05, 3.63) is 0 Å². The number of likely N-dealkylation sites (tertiary alicyclic amines) is 1. The molecule has 0 spiro atoms. The molecule has 28 heavy (non-hydrogen) atoms. The minimum absolute atomic E-state index is 0.0808. The minimum Gasteiger partial charge on any atom is -0.357 e. The van der Waals surface area contributed by atoms with Gasteiger partial charge < -0.3 is 15.5 Å². The number of nitrogens with zero attached hydrogens (tertiary/aromatic N) is 3. The number of aliphatic imine (C=N–C) groups is 1. The van der Waals surface area contributed by atoms with Crippen LogP contribution in [0.3, 0.4) is 0 Å². The Kier molecular flexibility index (Phi) is 8.81. The number of halogens is 3. The van der Waals surface area contributed by atoms with Gasteiger partial charge in [-0.3, -0.25) is 4.99 Å². The molecule has 0 aromatic rings. The number of hydrogen-bond donors (Lipinski definition) is 2. The van der Waals surface area contributed by atoms with E-state index in [1.165, 1.54) is 19.3 Å². The summed E-state index contributed by atoms with van der Waals surface area (Å²) in [6, 6.07) is 0. The highest BCUT2D eigenvalue weighted by Crippen LogP contribution is 2.30. The third kappa shape index (κ3) is 6.77. The van der Waals surface area contributed by atoms with Gasteiger partial charge in [0.05, 0.1) is 0 Å². The first kappa shape index (κ1) is 23.2. The summed E-state index contributed by atoms with van der Waals surface area (Å²) in [5.74, 6) is 0.780. The second kappa shape index (κ2) is 10.6. The summed E-state index contributed by atoms with van der Waals surface area (Å²) in [4.78, 5) is 6.97. The molecule has 0 aromatic carbocycles. The van der Waals surface area contributed by atoms with Gasteiger partial charge in [0.2, 0.25) is 0 Å². The third-order valence-corrected chi connectivity index (χ3v) is 6.86. The number of guanidine groups is 1. The molecule has 2 fully saturated rings. The number of sulfonamides is 1. The van der Waals surface area contributed by atoms with Gasteiger partial charge in [-0.2, -0.15) is 17.5 Å². The normalized spacial score (nSPS) is 21.6. The van der Waals surface area contributed by atoms with Crippen molar-refractivity contribution in [1.29, 1.82) is 0 Å². The van der Waals surface area contributed by atoms with Crippen LogP contribution in [-0.2, 0) is 10.0 Å². The number of hydrogen-bond acceptors (Lipinski definition) is 4. The van der Waals surface area contributed by atoms with E-state index < -0.39 is 15.5 Å². The maximum atomic E-state index is 12.6. The summed E-state index contributed by atoms with van der Waals surface area (Å²) in [7, 11) is -5.22. The van der Waals surface area contributed by atoms with Crippen molar-refractivity contribution in [3.63, 3.8) is 0 Å². The molecule has 2 rings (SSSR count). The summed E-state index contributed by atoms with van der Waals surface area (Å²) in [5.41, 5.74) is -5.23. The lowest BCUT2D eigenvalue weighted by molar-refractivity contribution is -0.0496. The van der Waals surface area contributed by atoms with Crippen molar-refractivity contribution < 1.29 is 21.6 Å². The fourth-order valence-corrected chi connectivity index (χ4v) is 4.54. The number of nitrogens with one attached hydrogen (secondary N) is 2. The van der Waals surface area contributed by atoms with E-state index >= 15 is 0 Å². The van der Waals surface area contributed by atoms with Gasteiger partial charge in [-0.25, -0.2) is 8.42 Å².